The first-order valence-electron chi connectivity index (χ1n) is 8.22. The summed E-state index contributed by atoms with van der Waals surface area (Å²) in [6.07, 6.45) is 3.31. The number of aliphatic carboxylic acids is 1. The maximum Gasteiger partial charge on any atom is 0.305 e. The third kappa shape index (κ3) is 3.76. The van der Waals surface area contributed by atoms with Crippen LogP contribution in [0.3, 0.4) is 0 Å². The van der Waals surface area contributed by atoms with Crippen LogP contribution >= 0.6 is 0 Å². The number of carbonyl (C=O) groups is 2. The number of carboxylic acid groups (broad SMARTS) is 1. The van der Waals surface area contributed by atoms with E-state index in [1.54, 1.807) is 0 Å². The summed E-state index contributed by atoms with van der Waals surface area (Å²) in [4.78, 5) is 23.5. The first-order chi connectivity index (χ1) is 11.6. The first-order valence-corrected chi connectivity index (χ1v) is 8.22. The van der Waals surface area contributed by atoms with Crippen LogP contribution in [0.25, 0.3) is 10.9 Å². The van der Waals surface area contributed by atoms with Crippen LogP contribution < -0.4 is 5.32 Å². The van der Waals surface area contributed by atoms with E-state index in [0.717, 1.165) is 10.9 Å². The molecule has 1 aromatic carbocycles. The van der Waals surface area contributed by atoms with E-state index in [4.69, 9.17) is 9.84 Å². The van der Waals surface area contributed by atoms with Gasteiger partial charge in [-0.3, -0.25) is 9.59 Å². The fourth-order valence-corrected chi connectivity index (χ4v) is 3.31. The number of para-hydroxylation sites is 1. The molecule has 1 amide bonds. The summed E-state index contributed by atoms with van der Waals surface area (Å²) < 4.78 is 7.35. The molecule has 0 saturated carbocycles. The van der Waals surface area contributed by atoms with E-state index in [1.165, 1.54) is 0 Å². The highest BCUT2D eigenvalue weighted by molar-refractivity contribution is 5.81. The van der Waals surface area contributed by atoms with Crippen LogP contribution in [0, 0.1) is 0 Å². The number of amides is 1. The lowest BCUT2D eigenvalue weighted by atomic mass is 9.86. The van der Waals surface area contributed by atoms with Gasteiger partial charge in [-0.05, 0) is 30.4 Å². The van der Waals surface area contributed by atoms with Crippen LogP contribution in [0.4, 0.5) is 0 Å². The number of ether oxygens (including phenoxy) is 1. The summed E-state index contributed by atoms with van der Waals surface area (Å²) in [5.74, 6) is -1.01. The van der Waals surface area contributed by atoms with E-state index in [9.17, 15) is 9.59 Å². The summed E-state index contributed by atoms with van der Waals surface area (Å²) in [6.45, 7) is 1.53. The van der Waals surface area contributed by atoms with Crippen molar-refractivity contribution < 1.29 is 19.4 Å². The molecule has 0 bridgehead atoms. The average molecular weight is 330 g/mol. The number of benzene rings is 1. The van der Waals surface area contributed by atoms with Gasteiger partial charge in [-0.25, -0.2) is 0 Å². The number of rotatable bonds is 6. The van der Waals surface area contributed by atoms with Gasteiger partial charge in [-0.15, -0.1) is 0 Å². The Hall–Kier alpha value is -2.34. The number of hydrogen-bond acceptors (Lipinski definition) is 3. The Morgan fingerprint density at radius 2 is 1.96 bits per heavy atom. The maximum absolute atomic E-state index is 12.4. The zero-order valence-electron chi connectivity index (χ0n) is 13.5. The van der Waals surface area contributed by atoms with Crippen LogP contribution in [0.15, 0.2) is 36.5 Å². The lowest BCUT2D eigenvalue weighted by Gasteiger charge is -2.36. The molecule has 0 unspecified atom stereocenters. The minimum absolute atomic E-state index is 0.0610. The van der Waals surface area contributed by atoms with Crippen molar-refractivity contribution in [1.29, 1.82) is 0 Å². The van der Waals surface area contributed by atoms with Gasteiger partial charge < -0.3 is 19.7 Å². The second-order valence-corrected chi connectivity index (χ2v) is 6.33. The molecule has 128 valence electrons. The van der Waals surface area contributed by atoms with Gasteiger partial charge in [0.25, 0.3) is 0 Å². The number of hydrogen-bond donors (Lipinski definition) is 2. The molecule has 0 aliphatic carbocycles. The molecule has 1 aliphatic heterocycles. The van der Waals surface area contributed by atoms with E-state index in [0.29, 0.717) is 39.0 Å². The van der Waals surface area contributed by atoms with E-state index < -0.39 is 11.5 Å². The molecule has 3 rings (SSSR count). The largest absolute Gasteiger partial charge is 0.481 e. The summed E-state index contributed by atoms with van der Waals surface area (Å²) in [5.41, 5.74) is 0.413. The Kier molecular flexibility index (Phi) is 4.85. The Morgan fingerprint density at radius 3 is 2.71 bits per heavy atom. The predicted molar refractivity (Wildman–Crippen MR) is 89.7 cm³/mol. The molecular formula is C18H22N2O4. The molecule has 2 heterocycles. The number of nitrogens with zero attached hydrogens (tertiary/aromatic N) is 1. The minimum atomic E-state index is -0.895. The third-order valence-corrected chi connectivity index (χ3v) is 4.60. The van der Waals surface area contributed by atoms with Gasteiger partial charge in [0.15, 0.2) is 0 Å². The van der Waals surface area contributed by atoms with E-state index >= 15 is 0 Å². The summed E-state index contributed by atoms with van der Waals surface area (Å²) in [6, 6.07) is 10.0. The number of aryl methyl sites for hydroxylation is 1. The van der Waals surface area contributed by atoms with Crippen LogP contribution in [0.2, 0.25) is 0 Å². The van der Waals surface area contributed by atoms with Crippen molar-refractivity contribution in [2.45, 2.75) is 37.8 Å². The van der Waals surface area contributed by atoms with Gasteiger partial charge in [0.05, 0.1) is 12.0 Å². The van der Waals surface area contributed by atoms with Gasteiger partial charge in [0.1, 0.15) is 0 Å². The Bertz CT molecular complexity index is 731. The fraction of sp³-hybridized carbons (Fsp3) is 0.444. The lowest BCUT2D eigenvalue weighted by molar-refractivity contribution is -0.140. The third-order valence-electron chi connectivity index (χ3n) is 4.60. The Morgan fingerprint density at radius 1 is 1.21 bits per heavy atom. The quantitative estimate of drug-likeness (QED) is 0.850. The Labute approximate surface area is 140 Å². The van der Waals surface area contributed by atoms with E-state index in [1.807, 2.05) is 41.1 Å². The summed E-state index contributed by atoms with van der Waals surface area (Å²) >= 11 is 0. The molecule has 1 aliphatic rings. The van der Waals surface area contributed by atoms with Crippen molar-refractivity contribution in [2.24, 2.45) is 0 Å². The molecule has 0 atom stereocenters. The zero-order valence-corrected chi connectivity index (χ0v) is 13.5. The van der Waals surface area contributed by atoms with Crippen LogP contribution in [0.1, 0.15) is 25.7 Å². The normalized spacial score (nSPS) is 16.8. The number of carboxylic acids is 1. The average Bonchev–Trinajstić information content (AvgIpc) is 2.96. The Balaban J connectivity index is 1.62. The van der Waals surface area contributed by atoms with Crippen LogP contribution in [0.5, 0.6) is 0 Å². The smallest absolute Gasteiger partial charge is 0.305 e. The van der Waals surface area contributed by atoms with Crippen molar-refractivity contribution in [3.63, 3.8) is 0 Å². The molecule has 0 radical (unpaired) electrons. The molecule has 2 N–H and O–H groups in total. The lowest BCUT2D eigenvalue weighted by Crippen LogP contribution is -2.53. The molecular weight excluding hydrogens is 308 g/mol. The topological polar surface area (TPSA) is 80.6 Å². The second-order valence-electron chi connectivity index (χ2n) is 6.33. The van der Waals surface area contributed by atoms with Crippen molar-refractivity contribution >= 4 is 22.8 Å². The molecule has 24 heavy (non-hydrogen) atoms. The highest BCUT2D eigenvalue weighted by atomic mass is 16.5. The SMILES string of the molecule is O=C(O)CC1(NC(=O)CCn2ccc3ccccc32)CCOCC1. The fourth-order valence-electron chi connectivity index (χ4n) is 3.31. The highest BCUT2D eigenvalue weighted by Crippen LogP contribution is 2.25. The van der Waals surface area contributed by atoms with Gasteiger partial charge >= 0.3 is 5.97 Å². The van der Waals surface area contributed by atoms with E-state index in [2.05, 4.69) is 5.32 Å². The monoisotopic (exact) mass is 330 g/mol. The molecule has 1 saturated heterocycles. The predicted octanol–water partition coefficient (Wildman–Crippen LogP) is 2.17. The maximum atomic E-state index is 12.4. The molecule has 6 heteroatoms. The molecule has 0 spiro atoms. The summed E-state index contributed by atoms with van der Waals surface area (Å²) in [5, 5.41) is 13.3. The standard InChI is InChI=1S/C18H22N2O4/c21-16(19-18(13-17(22)23)7-11-24-12-8-18)6-10-20-9-5-14-3-1-2-4-15(14)20/h1-5,9H,6-8,10-13H2,(H,19,21)(H,22,23). The molecule has 1 fully saturated rings. The number of nitrogens with one attached hydrogen (secondary N) is 1. The van der Waals surface area contributed by atoms with Crippen LogP contribution in [-0.2, 0) is 20.9 Å². The number of carbonyl (C=O) groups excluding carboxylic acids is 1. The number of aromatic nitrogens is 1. The molecule has 6 nitrogen and oxygen atoms in total. The second kappa shape index (κ2) is 7.05. The highest BCUT2D eigenvalue weighted by Gasteiger charge is 2.36. The first kappa shape index (κ1) is 16.5. The van der Waals surface area contributed by atoms with Crippen molar-refractivity contribution in [1.82, 2.24) is 9.88 Å². The van der Waals surface area contributed by atoms with E-state index in [-0.39, 0.29) is 12.3 Å². The van der Waals surface area contributed by atoms with Gasteiger partial charge in [-0.2, -0.15) is 0 Å². The van der Waals surface area contributed by atoms with Crippen molar-refractivity contribution in [2.75, 3.05) is 13.2 Å². The van der Waals surface area contributed by atoms with Crippen LogP contribution in [-0.4, -0.2) is 40.3 Å². The van der Waals surface area contributed by atoms with Gasteiger partial charge in [0, 0.05) is 37.9 Å². The molecule has 2 aromatic rings. The zero-order chi connectivity index (χ0) is 17.0. The van der Waals surface area contributed by atoms with Crippen molar-refractivity contribution in [3.05, 3.63) is 36.5 Å². The van der Waals surface area contributed by atoms with Crippen molar-refractivity contribution in [3.8, 4) is 0 Å². The minimum Gasteiger partial charge on any atom is -0.481 e. The van der Waals surface area contributed by atoms with Gasteiger partial charge in [-0.1, -0.05) is 18.2 Å². The summed E-state index contributed by atoms with van der Waals surface area (Å²) in [7, 11) is 0. The van der Waals surface area contributed by atoms with Gasteiger partial charge in [0.2, 0.25) is 5.91 Å². The molecule has 1 aromatic heterocycles. The number of fused-ring (bicyclic) bond motifs is 1.